The molecule has 0 amide bonds. The zero-order chi connectivity index (χ0) is 17.3. The van der Waals surface area contributed by atoms with Crippen LogP contribution in [0.5, 0.6) is 0 Å². The van der Waals surface area contributed by atoms with Crippen LogP contribution >= 0.6 is 23.2 Å². The fraction of sp³-hybridized carbons (Fsp3) is 0.211. The number of hydrogen-bond donors (Lipinski definition) is 0. The molecule has 0 fully saturated rings. The van der Waals surface area contributed by atoms with Crippen molar-refractivity contribution in [2.24, 2.45) is 0 Å². The molecule has 1 aromatic heterocycles. The van der Waals surface area contributed by atoms with Crippen molar-refractivity contribution in [3.05, 3.63) is 69.3 Å². The number of benzene rings is 2. The van der Waals surface area contributed by atoms with Gasteiger partial charge in [-0.25, -0.2) is 4.79 Å². The predicted molar refractivity (Wildman–Crippen MR) is 98.2 cm³/mol. The van der Waals surface area contributed by atoms with E-state index in [1.54, 1.807) is 13.0 Å². The third-order valence-electron chi connectivity index (χ3n) is 3.93. The Balaban J connectivity index is 2.14. The number of carbonyl (C=O) groups excluding carboxylic acids is 1. The van der Waals surface area contributed by atoms with Gasteiger partial charge in [-0.1, -0.05) is 47.5 Å². The number of carbonyl (C=O) groups is 1. The van der Waals surface area contributed by atoms with Crippen LogP contribution in [0.4, 0.5) is 0 Å². The van der Waals surface area contributed by atoms with Gasteiger partial charge in [-0.2, -0.15) is 0 Å². The van der Waals surface area contributed by atoms with E-state index in [-0.39, 0.29) is 5.97 Å². The normalized spacial score (nSPS) is 11.0. The van der Waals surface area contributed by atoms with E-state index < -0.39 is 0 Å². The van der Waals surface area contributed by atoms with Crippen molar-refractivity contribution in [3.8, 4) is 0 Å². The number of aromatic nitrogens is 1. The van der Waals surface area contributed by atoms with Crippen molar-refractivity contribution >= 4 is 40.1 Å². The number of halogens is 2. The number of rotatable bonds is 4. The van der Waals surface area contributed by atoms with Crippen molar-refractivity contribution in [3.63, 3.8) is 0 Å². The lowest BCUT2D eigenvalue weighted by Crippen LogP contribution is -2.13. The number of fused-ring (bicyclic) bond motifs is 1. The molecule has 5 heteroatoms. The quantitative estimate of drug-likeness (QED) is 0.576. The molecule has 0 bridgehead atoms. The van der Waals surface area contributed by atoms with Gasteiger partial charge in [0.2, 0.25) is 0 Å². The van der Waals surface area contributed by atoms with Crippen molar-refractivity contribution in [1.82, 2.24) is 4.57 Å². The molecule has 124 valence electrons. The second-order valence-corrected chi connectivity index (χ2v) is 6.41. The van der Waals surface area contributed by atoms with Crippen LogP contribution in [-0.4, -0.2) is 17.1 Å². The van der Waals surface area contributed by atoms with E-state index in [4.69, 9.17) is 27.9 Å². The topological polar surface area (TPSA) is 31.2 Å². The molecule has 0 spiro atoms. The highest BCUT2D eigenvalue weighted by atomic mass is 35.5. The number of esters is 1. The third-order valence-corrected chi connectivity index (χ3v) is 4.67. The summed E-state index contributed by atoms with van der Waals surface area (Å²) in [7, 11) is 0. The number of aryl methyl sites for hydroxylation is 1. The van der Waals surface area contributed by atoms with Gasteiger partial charge in [0.25, 0.3) is 0 Å². The lowest BCUT2D eigenvalue weighted by atomic mass is 10.1. The molecule has 3 aromatic rings. The number of nitrogens with zero attached hydrogens (tertiary/aromatic N) is 1. The summed E-state index contributed by atoms with van der Waals surface area (Å²) in [6.45, 7) is 4.68. The summed E-state index contributed by atoms with van der Waals surface area (Å²) in [5, 5.41) is 2.03. The Bertz CT molecular complexity index is 915. The smallest absolute Gasteiger partial charge is 0.354 e. The standard InChI is InChI=1S/C19H17Cl2NO2/c1-3-24-19(23)17-10-14-6-4-5-12(2)18(14)22(17)11-13-7-8-15(20)16(21)9-13/h4-10H,3,11H2,1-2H3. The molecule has 24 heavy (non-hydrogen) atoms. The molecule has 0 aliphatic rings. The summed E-state index contributed by atoms with van der Waals surface area (Å²) in [6, 6.07) is 13.4. The van der Waals surface area contributed by atoms with E-state index in [9.17, 15) is 4.79 Å². The third kappa shape index (κ3) is 3.14. The summed E-state index contributed by atoms with van der Waals surface area (Å²) in [6.07, 6.45) is 0. The Labute approximate surface area is 150 Å². The fourth-order valence-corrected chi connectivity index (χ4v) is 3.19. The lowest BCUT2D eigenvalue weighted by Gasteiger charge is -2.12. The summed E-state index contributed by atoms with van der Waals surface area (Å²) in [5.41, 5.74) is 3.62. The average Bonchev–Trinajstić information content (AvgIpc) is 2.91. The molecule has 0 unspecified atom stereocenters. The molecular weight excluding hydrogens is 345 g/mol. The Kier molecular flexibility index (Phi) is 4.83. The molecule has 1 heterocycles. The fourth-order valence-electron chi connectivity index (χ4n) is 2.87. The Morgan fingerprint density at radius 3 is 2.62 bits per heavy atom. The van der Waals surface area contributed by atoms with E-state index in [2.05, 4.69) is 0 Å². The molecule has 2 aromatic carbocycles. The van der Waals surface area contributed by atoms with E-state index in [1.165, 1.54) is 0 Å². The summed E-state index contributed by atoms with van der Waals surface area (Å²) in [5.74, 6) is -0.326. The average molecular weight is 362 g/mol. The van der Waals surface area contributed by atoms with E-state index in [1.807, 2.05) is 47.9 Å². The maximum absolute atomic E-state index is 12.4. The van der Waals surface area contributed by atoms with Crippen LogP contribution in [0.2, 0.25) is 10.0 Å². The van der Waals surface area contributed by atoms with Crippen LogP contribution in [0, 0.1) is 6.92 Å². The van der Waals surface area contributed by atoms with Crippen LogP contribution in [0.3, 0.4) is 0 Å². The number of para-hydroxylation sites is 1. The second-order valence-electron chi connectivity index (χ2n) is 5.60. The second kappa shape index (κ2) is 6.88. The minimum absolute atomic E-state index is 0.326. The van der Waals surface area contributed by atoms with Gasteiger partial charge in [0.15, 0.2) is 0 Å². The van der Waals surface area contributed by atoms with Gasteiger partial charge in [-0.3, -0.25) is 0 Å². The Morgan fingerprint density at radius 2 is 1.92 bits per heavy atom. The first-order valence-electron chi connectivity index (χ1n) is 7.71. The van der Waals surface area contributed by atoms with Crippen molar-refractivity contribution in [2.45, 2.75) is 20.4 Å². The SMILES string of the molecule is CCOC(=O)c1cc2cccc(C)c2n1Cc1ccc(Cl)c(Cl)c1. The molecule has 3 rings (SSSR count). The van der Waals surface area contributed by atoms with Crippen molar-refractivity contribution in [2.75, 3.05) is 6.61 Å². The van der Waals surface area contributed by atoms with E-state index in [0.717, 1.165) is 22.0 Å². The minimum Gasteiger partial charge on any atom is -0.461 e. The van der Waals surface area contributed by atoms with Gasteiger partial charge in [-0.15, -0.1) is 0 Å². The van der Waals surface area contributed by atoms with Crippen LogP contribution in [0.1, 0.15) is 28.5 Å². The highest BCUT2D eigenvalue weighted by molar-refractivity contribution is 6.42. The Morgan fingerprint density at radius 1 is 1.12 bits per heavy atom. The molecule has 0 aliphatic carbocycles. The molecule has 0 aliphatic heterocycles. The minimum atomic E-state index is -0.326. The van der Waals surface area contributed by atoms with Gasteiger partial charge in [0, 0.05) is 11.9 Å². The van der Waals surface area contributed by atoms with Gasteiger partial charge in [-0.05, 0) is 43.2 Å². The largest absolute Gasteiger partial charge is 0.461 e. The lowest BCUT2D eigenvalue weighted by molar-refractivity contribution is 0.0515. The molecule has 0 atom stereocenters. The monoisotopic (exact) mass is 361 g/mol. The molecule has 3 nitrogen and oxygen atoms in total. The van der Waals surface area contributed by atoms with Crippen LogP contribution in [-0.2, 0) is 11.3 Å². The molecule has 0 saturated heterocycles. The van der Waals surface area contributed by atoms with Crippen LogP contribution < -0.4 is 0 Å². The first-order chi connectivity index (χ1) is 11.5. The van der Waals surface area contributed by atoms with Gasteiger partial charge >= 0.3 is 5.97 Å². The zero-order valence-corrected chi connectivity index (χ0v) is 15.0. The molecular formula is C19H17Cl2NO2. The van der Waals surface area contributed by atoms with Crippen LogP contribution in [0.15, 0.2) is 42.5 Å². The highest BCUT2D eigenvalue weighted by Gasteiger charge is 2.18. The molecule has 0 saturated carbocycles. The first kappa shape index (κ1) is 16.9. The predicted octanol–water partition coefficient (Wildman–Crippen LogP) is 5.48. The maximum atomic E-state index is 12.4. The number of ether oxygens (including phenoxy) is 1. The summed E-state index contributed by atoms with van der Waals surface area (Å²) in [4.78, 5) is 12.4. The van der Waals surface area contributed by atoms with E-state index >= 15 is 0 Å². The highest BCUT2D eigenvalue weighted by Crippen LogP contribution is 2.27. The maximum Gasteiger partial charge on any atom is 0.354 e. The first-order valence-corrected chi connectivity index (χ1v) is 8.46. The van der Waals surface area contributed by atoms with Gasteiger partial charge < -0.3 is 9.30 Å². The zero-order valence-electron chi connectivity index (χ0n) is 13.5. The number of hydrogen-bond acceptors (Lipinski definition) is 2. The Hall–Kier alpha value is -1.97. The molecule has 0 radical (unpaired) electrons. The summed E-state index contributed by atoms with van der Waals surface area (Å²) >= 11 is 12.1. The van der Waals surface area contributed by atoms with E-state index in [0.29, 0.717) is 28.9 Å². The van der Waals surface area contributed by atoms with Gasteiger partial charge in [0.1, 0.15) is 5.69 Å². The van der Waals surface area contributed by atoms with Crippen LogP contribution in [0.25, 0.3) is 10.9 Å². The van der Waals surface area contributed by atoms with Crippen molar-refractivity contribution < 1.29 is 9.53 Å². The van der Waals surface area contributed by atoms with Gasteiger partial charge in [0.05, 0.1) is 22.2 Å². The van der Waals surface area contributed by atoms with Crippen molar-refractivity contribution in [1.29, 1.82) is 0 Å². The molecule has 0 N–H and O–H groups in total. The summed E-state index contributed by atoms with van der Waals surface area (Å²) < 4.78 is 7.19.